The Morgan fingerprint density at radius 1 is 1.06 bits per heavy atom. The van der Waals surface area contributed by atoms with Crippen molar-refractivity contribution >= 4 is 23.4 Å². The summed E-state index contributed by atoms with van der Waals surface area (Å²) in [6.45, 7) is 12.1. The van der Waals surface area contributed by atoms with Crippen LogP contribution in [0.4, 0.5) is 0 Å². The molecule has 1 aromatic heterocycles. The van der Waals surface area contributed by atoms with Crippen LogP contribution in [0.15, 0.2) is 24.3 Å². The van der Waals surface area contributed by atoms with E-state index in [1.807, 2.05) is 28.2 Å². The number of hydrogen-bond acceptors (Lipinski definition) is 3. The van der Waals surface area contributed by atoms with E-state index >= 15 is 0 Å². The standard InChI is InChI=1S/C26H35ClN4O2/c1-17(2)9-12-30-15-16-31-22(23(27)28-24(31)26(30)33)21-7-5-19(6-8-21)20-10-13-29(14-11-20)25(32)18(3)4/h5-8,17-18,20H,9-16H2,1-4H3. The highest BCUT2D eigenvalue weighted by Gasteiger charge is 2.30. The Balaban J connectivity index is 1.47. The molecular weight excluding hydrogens is 436 g/mol. The van der Waals surface area contributed by atoms with Crippen LogP contribution in [0.5, 0.6) is 0 Å². The number of halogens is 1. The average Bonchev–Trinajstić information content (AvgIpc) is 3.15. The van der Waals surface area contributed by atoms with Gasteiger partial charge in [-0.3, -0.25) is 9.59 Å². The lowest BCUT2D eigenvalue weighted by Crippen LogP contribution is -2.41. The van der Waals surface area contributed by atoms with Crippen LogP contribution in [0.1, 0.15) is 69.1 Å². The van der Waals surface area contributed by atoms with Crippen LogP contribution in [0.3, 0.4) is 0 Å². The van der Waals surface area contributed by atoms with Crippen molar-refractivity contribution in [2.24, 2.45) is 11.8 Å². The fraction of sp³-hybridized carbons (Fsp3) is 0.577. The monoisotopic (exact) mass is 470 g/mol. The van der Waals surface area contributed by atoms with Crippen molar-refractivity contribution < 1.29 is 9.59 Å². The molecule has 1 saturated heterocycles. The Morgan fingerprint density at radius 2 is 1.73 bits per heavy atom. The number of aromatic nitrogens is 2. The molecule has 178 valence electrons. The van der Waals surface area contributed by atoms with Gasteiger partial charge >= 0.3 is 0 Å². The normalized spacial score (nSPS) is 17.2. The number of hydrogen-bond donors (Lipinski definition) is 0. The number of imidazole rings is 1. The predicted octanol–water partition coefficient (Wildman–Crippen LogP) is 5.07. The maximum absolute atomic E-state index is 13.0. The summed E-state index contributed by atoms with van der Waals surface area (Å²) in [5, 5.41) is 0.386. The van der Waals surface area contributed by atoms with Crippen molar-refractivity contribution in [2.75, 3.05) is 26.2 Å². The summed E-state index contributed by atoms with van der Waals surface area (Å²) >= 11 is 6.53. The summed E-state index contributed by atoms with van der Waals surface area (Å²) in [7, 11) is 0. The first-order chi connectivity index (χ1) is 15.8. The molecule has 4 rings (SSSR count). The van der Waals surface area contributed by atoms with Crippen LogP contribution in [-0.4, -0.2) is 57.3 Å². The van der Waals surface area contributed by atoms with Crippen molar-refractivity contribution in [2.45, 2.75) is 59.4 Å². The van der Waals surface area contributed by atoms with Crippen LogP contribution in [0.2, 0.25) is 5.15 Å². The van der Waals surface area contributed by atoms with Crippen LogP contribution in [0, 0.1) is 11.8 Å². The van der Waals surface area contributed by atoms with Gasteiger partial charge in [0.15, 0.2) is 5.15 Å². The SMILES string of the molecule is CC(C)CCN1CCn2c(nc(Cl)c2-c2ccc(C3CCN(C(=O)C(C)C)CC3)cc2)C1=O. The lowest BCUT2D eigenvalue weighted by atomic mass is 9.88. The first-order valence-electron chi connectivity index (χ1n) is 12.2. The lowest BCUT2D eigenvalue weighted by molar-refractivity contribution is -0.135. The Kier molecular flexibility index (Phi) is 7.13. The minimum absolute atomic E-state index is 0.0330. The molecule has 2 aliphatic heterocycles. The largest absolute Gasteiger partial charge is 0.342 e. The fourth-order valence-electron chi connectivity index (χ4n) is 4.88. The van der Waals surface area contributed by atoms with E-state index in [9.17, 15) is 9.59 Å². The maximum Gasteiger partial charge on any atom is 0.289 e. The lowest BCUT2D eigenvalue weighted by Gasteiger charge is -2.33. The second-order valence-electron chi connectivity index (χ2n) is 10.1. The Bertz CT molecular complexity index is 1000. The average molecular weight is 471 g/mol. The molecule has 0 atom stereocenters. The molecule has 0 spiro atoms. The molecular formula is C26H35ClN4O2. The van der Waals surface area contributed by atoms with Crippen molar-refractivity contribution in [3.63, 3.8) is 0 Å². The van der Waals surface area contributed by atoms with Gasteiger partial charge in [-0.05, 0) is 36.7 Å². The number of carbonyl (C=O) groups excluding carboxylic acids is 2. The van der Waals surface area contributed by atoms with Gasteiger partial charge in [-0.1, -0.05) is 63.6 Å². The van der Waals surface area contributed by atoms with Gasteiger partial charge < -0.3 is 14.4 Å². The van der Waals surface area contributed by atoms with Gasteiger partial charge in [0.25, 0.3) is 5.91 Å². The molecule has 0 bridgehead atoms. The van der Waals surface area contributed by atoms with Crippen LogP contribution < -0.4 is 0 Å². The molecule has 33 heavy (non-hydrogen) atoms. The quantitative estimate of drug-likeness (QED) is 0.592. The molecule has 1 aromatic carbocycles. The van der Waals surface area contributed by atoms with E-state index in [0.29, 0.717) is 35.9 Å². The maximum atomic E-state index is 13.0. The molecule has 3 heterocycles. The third-order valence-corrected chi connectivity index (χ3v) is 7.19. The predicted molar refractivity (Wildman–Crippen MR) is 131 cm³/mol. The molecule has 2 aliphatic rings. The zero-order valence-corrected chi connectivity index (χ0v) is 20.9. The first-order valence-corrected chi connectivity index (χ1v) is 12.6. The second-order valence-corrected chi connectivity index (χ2v) is 10.4. The third-order valence-electron chi connectivity index (χ3n) is 6.93. The van der Waals surface area contributed by atoms with Gasteiger partial charge in [-0.25, -0.2) is 4.98 Å². The molecule has 0 unspecified atom stereocenters. The van der Waals surface area contributed by atoms with E-state index < -0.39 is 0 Å². The molecule has 0 saturated carbocycles. The summed E-state index contributed by atoms with van der Waals surface area (Å²) in [5.74, 6) is 1.73. The molecule has 1 fully saturated rings. The van der Waals surface area contributed by atoms with E-state index in [4.69, 9.17) is 11.6 Å². The summed E-state index contributed by atoms with van der Waals surface area (Å²) in [4.78, 5) is 33.5. The van der Waals surface area contributed by atoms with Crippen molar-refractivity contribution in [1.29, 1.82) is 0 Å². The Labute approximate surface area is 201 Å². The molecule has 0 aliphatic carbocycles. The van der Waals surface area contributed by atoms with Gasteiger partial charge in [-0.2, -0.15) is 0 Å². The van der Waals surface area contributed by atoms with Gasteiger partial charge in [0.2, 0.25) is 11.7 Å². The van der Waals surface area contributed by atoms with Crippen molar-refractivity contribution in [3.8, 4) is 11.3 Å². The van der Waals surface area contributed by atoms with Gasteiger partial charge in [0.05, 0.1) is 5.69 Å². The Hall–Kier alpha value is -2.34. The molecule has 2 amide bonds. The summed E-state index contributed by atoms with van der Waals surface area (Å²) in [6, 6.07) is 8.51. The minimum Gasteiger partial charge on any atom is -0.342 e. The smallest absolute Gasteiger partial charge is 0.289 e. The molecule has 6 nitrogen and oxygen atoms in total. The van der Waals surface area contributed by atoms with Gasteiger partial charge in [0.1, 0.15) is 0 Å². The highest BCUT2D eigenvalue weighted by atomic mass is 35.5. The zero-order chi connectivity index (χ0) is 23.7. The highest BCUT2D eigenvalue weighted by molar-refractivity contribution is 6.32. The number of fused-ring (bicyclic) bond motifs is 1. The molecule has 7 heteroatoms. The third kappa shape index (κ3) is 4.96. The number of likely N-dealkylation sites (tertiary alicyclic amines) is 1. The number of rotatable bonds is 6. The minimum atomic E-state index is -0.0330. The fourth-order valence-corrected chi connectivity index (χ4v) is 5.17. The van der Waals surface area contributed by atoms with Gasteiger partial charge in [0, 0.05) is 44.2 Å². The van der Waals surface area contributed by atoms with Crippen molar-refractivity contribution in [1.82, 2.24) is 19.4 Å². The Morgan fingerprint density at radius 3 is 2.33 bits per heavy atom. The van der Waals surface area contributed by atoms with Crippen LogP contribution >= 0.6 is 11.6 Å². The number of nitrogens with zero attached hydrogens (tertiary/aromatic N) is 4. The van der Waals surface area contributed by atoms with Gasteiger partial charge in [-0.15, -0.1) is 0 Å². The number of piperidine rings is 1. The van der Waals surface area contributed by atoms with E-state index in [-0.39, 0.29) is 17.7 Å². The summed E-state index contributed by atoms with van der Waals surface area (Å²) in [5.41, 5.74) is 3.10. The summed E-state index contributed by atoms with van der Waals surface area (Å²) in [6.07, 6.45) is 2.96. The number of carbonyl (C=O) groups is 2. The second kappa shape index (κ2) is 9.88. The number of amides is 2. The van der Waals surface area contributed by atoms with E-state index in [2.05, 4.69) is 43.1 Å². The first kappa shape index (κ1) is 23.8. The summed E-state index contributed by atoms with van der Waals surface area (Å²) < 4.78 is 1.97. The topological polar surface area (TPSA) is 58.4 Å². The van der Waals surface area contributed by atoms with Crippen molar-refractivity contribution in [3.05, 3.63) is 40.8 Å². The van der Waals surface area contributed by atoms with Crippen LogP contribution in [0.25, 0.3) is 11.3 Å². The number of benzene rings is 1. The van der Waals surface area contributed by atoms with E-state index in [1.54, 1.807) is 0 Å². The molecule has 2 aromatic rings. The van der Waals surface area contributed by atoms with E-state index in [0.717, 1.165) is 50.2 Å². The molecule has 0 radical (unpaired) electrons. The molecule has 0 N–H and O–H groups in total. The van der Waals surface area contributed by atoms with Crippen LogP contribution in [-0.2, 0) is 11.3 Å². The van der Waals surface area contributed by atoms with E-state index in [1.165, 1.54) is 5.56 Å². The highest BCUT2D eigenvalue weighted by Crippen LogP contribution is 2.34. The zero-order valence-electron chi connectivity index (χ0n) is 20.2.